The Balaban J connectivity index is 1.88. The number of ether oxygens (including phenoxy) is 1. The van der Waals surface area contributed by atoms with Crippen LogP contribution in [-0.4, -0.2) is 12.3 Å². The van der Waals surface area contributed by atoms with E-state index in [2.05, 4.69) is 33.4 Å². The second-order valence-electron chi connectivity index (χ2n) is 6.08. The molecule has 0 saturated carbocycles. The summed E-state index contributed by atoms with van der Waals surface area (Å²) in [6, 6.07) is 8.32. The molecule has 7 heteroatoms. The molecule has 0 radical (unpaired) electrons. The Bertz CT molecular complexity index is 809. The molecule has 3 nitrogen and oxygen atoms in total. The molecule has 3 rings (SSSR count). The maximum absolute atomic E-state index is 14.9. The van der Waals surface area contributed by atoms with Crippen molar-refractivity contribution in [1.82, 2.24) is 5.43 Å². The van der Waals surface area contributed by atoms with Gasteiger partial charge in [-0.3, -0.25) is 0 Å². The summed E-state index contributed by atoms with van der Waals surface area (Å²) in [4.78, 5) is 0. The number of rotatable bonds is 4. The molecular formula is C18H16BrCl2FN2O. The molecule has 1 heterocycles. The summed E-state index contributed by atoms with van der Waals surface area (Å²) in [6.45, 7) is 2.97. The molecular weight excluding hydrogens is 430 g/mol. The van der Waals surface area contributed by atoms with Crippen molar-refractivity contribution in [3.05, 3.63) is 56.2 Å². The highest BCUT2D eigenvalue weighted by molar-refractivity contribution is 9.10. The molecule has 0 saturated heterocycles. The van der Waals surface area contributed by atoms with E-state index < -0.39 is 5.82 Å². The monoisotopic (exact) mass is 444 g/mol. The van der Waals surface area contributed by atoms with Gasteiger partial charge in [-0.15, -0.1) is 0 Å². The van der Waals surface area contributed by atoms with Crippen molar-refractivity contribution in [2.24, 2.45) is 11.0 Å². The van der Waals surface area contributed by atoms with Crippen LogP contribution in [0.25, 0.3) is 0 Å². The van der Waals surface area contributed by atoms with E-state index in [1.54, 1.807) is 30.3 Å². The van der Waals surface area contributed by atoms with Gasteiger partial charge in [0, 0.05) is 28.2 Å². The third kappa shape index (κ3) is 4.66. The van der Waals surface area contributed by atoms with Crippen molar-refractivity contribution in [2.45, 2.75) is 19.8 Å². The van der Waals surface area contributed by atoms with Crippen molar-refractivity contribution >= 4 is 44.8 Å². The molecule has 1 atom stereocenters. The Hall–Kier alpha value is -1.30. The van der Waals surface area contributed by atoms with Crippen molar-refractivity contribution < 1.29 is 9.13 Å². The van der Waals surface area contributed by atoms with Crippen LogP contribution in [-0.2, 0) is 6.42 Å². The van der Waals surface area contributed by atoms with Gasteiger partial charge in [-0.1, -0.05) is 52.1 Å². The smallest absolute Gasteiger partial charge is 0.181 e. The molecule has 0 bridgehead atoms. The van der Waals surface area contributed by atoms with Gasteiger partial charge in [-0.25, -0.2) is 4.39 Å². The molecule has 25 heavy (non-hydrogen) atoms. The normalized spacial score (nSPS) is 17.0. The van der Waals surface area contributed by atoms with Gasteiger partial charge in [-0.05, 0) is 42.2 Å². The van der Waals surface area contributed by atoms with Gasteiger partial charge in [-0.2, -0.15) is 5.10 Å². The number of halogens is 4. The average molecular weight is 446 g/mol. The summed E-state index contributed by atoms with van der Waals surface area (Å²) < 4.78 is 21.4. The van der Waals surface area contributed by atoms with E-state index in [4.69, 9.17) is 27.9 Å². The first-order valence-electron chi connectivity index (χ1n) is 7.81. The Kier molecular flexibility index (Phi) is 5.87. The van der Waals surface area contributed by atoms with Crippen molar-refractivity contribution in [1.29, 1.82) is 0 Å². The third-order valence-corrected chi connectivity index (χ3v) is 4.81. The number of hydrogen-bond donors (Lipinski definition) is 1. The number of benzene rings is 2. The highest BCUT2D eigenvalue weighted by Gasteiger charge is 2.19. The maximum Gasteiger partial charge on any atom is 0.181 e. The first kappa shape index (κ1) is 18.5. The molecule has 0 aliphatic carbocycles. The second-order valence-corrected chi connectivity index (χ2v) is 7.84. The predicted molar refractivity (Wildman–Crippen MR) is 104 cm³/mol. The van der Waals surface area contributed by atoms with Crippen LogP contribution in [0.3, 0.4) is 0 Å². The van der Waals surface area contributed by atoms with Crippen LogP contribution in [0, 0.1) is 11.7 Å². The molecule has 0 amide bonds. The van der Waals surface area contributed by atoms with E-state index in [1.165, 1.54) is 0 Å². The fourth-order valence-electron chi connectivity index (χ4n) is 2.67. The van der Waals surface area contributed by atoms with Gasteiger partial charge in [0.05, 0.1) is 5.02 Å². The Morgan fingerprint density at radius 1 is 1.32 bits per heavy atom. The van der Waals surface area contributed by atoms with Crippen molar-refractivity contribution in [3.63, 3.8) is 0 Å². The molecule has 2 aromatic carbocycles. The third-order valence-electron chi connectivity index (χ3n) is 3.84. The molecule has 1 aliphatic rings. The molecule has 2 aromatic rings. The van der Waals surface area contributed by atoms with E-state index >= 15 is 0 Å². The summed E-state index contributed by atoms with van der Waals surface area (Å²) >= 11 is 15.5. The minimum Gasteiger partial charge on any atom is -0.453 e. The van der Waals surface area contributed by atoms with E-state index in [-0.39, 0.29) is 10.8 Å². The first-order chi connectivity index (χ1) is 11.9. The summed E-state index contributed by atoms with van der Waals surface area (Å²) in [7, 11) is 0. The zero-order valence-electron chi connectivity index (χ0n) is 13.5. The van der Waals surface area contributed by atoms with Crippen LogP contribution in [0.5, 0.6) is 11.5 Å². The second kappa shape index (κ2) is 7.94. The standard InChI is InChI=1S/C18H16BrCl2FN2O/c1-10-4-14(24-23-9-10)5-11-2-3-16(21)18(17(11)22)25-15-7-12(19)6-13(20)8-15/h2-3,6-8,10,23H,4-5,9H2,1H3/t10-/m0/s1. The molecule has 0 spiro atoms. The molecule has 1 N–H and O–H groups in total. The topological polar surface area (TPSA) is 33.6 Å². The summed E-state index contributed by atoms with van der Waals surface area (Å²) in [5.41, 5.74) is 4.40. The highest BCUT2D eigenvalue weighted by Crippen LogP contribution is 2.36. The van der Waals surface area contributed by atoms with Crippen LogP contribution in [0.4, 0.5) is 4.39 Å². The SMILES string of the molecule is C[C@@H]1CNN=C(Cc2ccc(Cl)c(Oc3cc(Cl)cc(Br)c3)c2F)C1. The van der Waals surface area contributed by atoms with E-state index in [1.807, 2.05) is 0 Å². The van der Waals surface area contributed by atoms with Crippen molar-refractivity contribution in [3.8, 4) is 11.5 Å². The number of hydrazone groups is 1. The fourth-order valence-corrected chi connectivity index (χ4v) is 3.69. The van der Waals surface area contributed by atoms with Crippen LogP contribution >= 0.6 is 39.1 Å². The zero-order valence-corrected chi connectivity index (χ0v) is 16.6. The minimum absolute atomic E-state index is 0.00856. The van der Waals surface area contributed by atoms with Crippen molar-refractivity contribution in [2.75, 3.05) is 6.54 Å². The Labute approximate surface area is 164 Å². The first-order valence-corrected chi connectivity index (χ1v) is 9.36. The van der Waals surface area contributed by atoms with E-state index in [0.717, 1.165) is 23.1 Å². The highest BCUT2D eigenvalue weighted by atomic mass is 79.9. The Morgan fingerprint density at radius 3 is 2.84 bits per heavy atom. The van der Waals surface area contributed by atoms with Crippen LogP contribution < -0.4 is 10.2 Å². The predicted octanol–water partition coefficient (Wildman–Crippen LogP) is 6.22. The number of nitrogens with zero attached hydrogens (tertiary/aromatic N) is 1. The van der Waals surface area contributed by atoms with Gasteiger partial charge < -0.3 is 10.2 Å². The van der Waals surface area contributed by atoms with E-state index in [0.29, 0.717) is 28.7 Å². The van der Waals surface area contributed by atoms with Gasteiger partial charge in [0.1, 0.15) is 5.75 Å². The molecule has 1 aliphatic heterocycles. The van der Waals surface area contributed by atoms with Gasteiger partial charge in [0.15, 0.2) is 11.6 Å². The summed E-state index contributed by atoms with van der Waals surface area (Å²) in [5.74, 6) is 0.389. The van der Waals surface area contributed by atoms with Gasteiger partial charge in [0.25, 0.3) is 0 Å². The van der Waals surface area contributed by atoms with E-state index in [9.17, 15) is 4.39 Å². The summed E-state index contributed by atoms with van der Waals surface area (Å²) in [5, 5.41) is 4.96. The average Bonchev–Trinajstić information content (AvgIpc) is 2.53. The lowest BCUT2D eigenvalue weighted by Crippen LogP contribution is -2.27. The fraction of sp³-hybridized carbons (Fsp3) is 0.278. The molecule has 0 unspecified atom stereocenters. The zero-order chi connectivity index (χ0) is 18.0. The molecule has 0 aromatic heterocycles. The lowest BCUT2D eigenvalue weighted by molar-refractivity contribution is 0.439. The van der Waals surface area contributed by atoms with Crippen LogP contribution in [0.1, 0.15) is 18.9 Å². The molecule has 0 fully saturated rings. The lowest BCUT2D eigenvalue weighted by Gasteiger charge is -2.20. The number of nitrogens with one attached hydrogen (secondary N) is 1. The van der Waals surface area contributed by atoms with Gasteiger partial charge >= 0.3 is 0 Å². The largest absolute Gasteiger partial charge is 0.453 e. The van der Waals surface area contributed by atoms with Gasteiger partial charge in [0.2, 0.25) is 0 Å². The quantitative estimate of drug-likeness (QED) is 0.606. The van der Waals surface area contributed by atoms with Crippen LogP contribution in [0.15, 0.2) is 39.9 Å². The van der Waals surface area contributed by atoms with Crippen LogP contribution in [0.2, 0.25) is 10.0 Å². The summed E-state index contributed by atoms with van der Waals surface area (Å²) in [6.07, 6.45) is 1.25. The molecule has 132 valence electrons. The lowest BCUT2D eigenvalue weighted by atomic mass is 9.97. The maximum atomic E-state index is 14.9. The minimum atomic E-state index is -0.482. The number of hydrogen-bond acceptors (Lipinski definition) is 3. The Morgan fingerprint density at radius 2 is 2.12 bits per heavy atom.